The predicted octanol–water partition coefficient (Wildman–Crippen LogP) is 7.34. The second-order valence-corrected chi connectivity index (χ2v) is 19.5. The van der Waals surface area contributed by atoms with Crippen molar-refractivity contribution in [2.24, 2.45) is 50.7 Å². The Morgan fingerprint density at radius 1 is 0.918 bits per heavy atom. The first-order chi connectivity index (χ1) is 22.7. The van der Waals surface area contributed by atoms with Crippen LogP contribution < -0.4 is 5.32 Å². The normalized spacial score (nSPS) is 40.3. The fraction of sp³-hybridized carbons (Fsp3) is 0.854. The molecule has 0 spiro atoms. The zero-order chi connectivity index (χ0) is 35.9. The van der Waals surface area contributed by atoms with E-state index < -0.39 is 22.9 Å². The minimum atomic E-state index is -1.16. The molecule has 6 aliphatic rings. The van der Waals surface area contributed by atoms with Crippen LogP contribution in [-0.2, 0) is 23.9 Å². The summed E-state index contributed by atoms with van der Waals surface area (Å²) in [5, 5.41) is 13.1. The number of carbonyl (C=O) groups is 4. The lowest BCUT2D eigenvalue weighted by Crippen LogP contribution is -2.67. The van der Waals surface area contributed by atoms with E-state index >= 15 is 0 Å². The molecule has 8 heteroatoms. The third-order valence-electron chi connectivity index (χ3n) is 15.8. The van der Waals surface area contributed by atoms with E-state index in [9.17, 15) is 24.3 Å². The number of ketones is 1. The summed E-state index contributed by atoms with van der Waals surface area (Å²) >= 11 is 0. The number of hydrogen-bond donors (Lipinski definition) is 2. The fourth-order valence-electron chi connectivity index (χ4n) is 13.0. The summed E-state index contributed by atoms with van der Waals surface area (Å²) in [5.41, 5.74) is 0.475. The van der Waals surface area contributed by atoms with Gasteiger partial charge in [-0.1, -0.05) is 48.5 Å². The van der Waals surface area contributed by atoms with Gasteiger partial charge < -0.3 is 15.2 Å². The van der Waals surface area contributed by atoms with Gasteiger partial charge in [-0.15, -0.1) is 0 Å². The molecular formula is C41H64N2O6. The van der Waals surface area contributed by atoms with Gasteiger partial charge in [-0.2, -0.15) is 0 Å². The van der Waals surface area contributed by atoms with Crippen molar-refractivity contribution < 1.29 is 29.0 Å². The molecule has 0 aromatic carbocycles. The molecule has 2 N–H and O–H groups in total. The van der Waals surface area contributed by atoms with Crippen LogP contribution in [0, 0.1) is 50.7 Å². The standard InChI is InChI=1S/C41H64N2O6/c1-25(2)33-27(44)22-41(42-31(45)24-43-20-10-11-21-43)19-18-39(8)26(34(33)41)12-13-29-38(7)16-15-30(49-32(46)23-36(3,4)35(47)48)37(5,6)28(38)14-17-40(29,39)9/h25-26,28-30H,10-24H2,1-9H3,(H,42,45)(H,47,48)/t26-,28+,29-,30+,38+,39-,40-,41-/m1/s1. The number of hydrogen-bond acceptors (Lipinski definition) is 6. The van der Waals surface area contributed by atoms with E-state index in [1.807, 2.05) is 0 Å². The zero-order valence-corrected chi connectivity index (χ0v) is 31.9. The highest BCUT2D eigenvalue weighted by atomic mass is 16.5. The third kappa shape index (κ3) is 5.64. The van der Waals surface area contributed by atoms with E-state index in [-0.39, 0.29) is 57.7 Å². The molecule has 5 aliphatic carbocycles. The van der Waals surface area contributed by atoms with Gasteiger partial charge in [-0.25, -0.2) is 0 Å². The topological polar surface area (TPSA) is 113 Å². The number of likely N-dealkylation sites (tertiary alicyclic amines) is 1. The van der Waals surface area contributed by atoms with Crippen LogP contribution in [0.15, 0.2) is 11.1 Å². The number of carboxylic acids is 1. The number of Topliss-reactive ketones (excluding diaryl/α,β-unsaturated/α-hetero) is 1. The van der Waals surface area contributed by atoms with Crippen molar-refractivity contribution in [2.45, 2.75) is 151 Å². The van der Waals surface area contributed by atoms with Crippen molar-refractivity contribution in [3.8, 4) is 0 Å². The molecule has 4 saturated carbocycles. The molecule has 6 rings (SSSR count). The summed E-state index contributed by atoms with van der Waals surface area (Å²) in [5.74, 6) is 0.171. The number of rotatable bonds is 8. The van der Waals surface area contributed by atoms with Gasteiger partial charge in [0.05, 0.1) is 23.9 Å². The third-order valence-corrected chi connectivity index (χ3v) is 15.8. The Morgan fingerprint density at radius 2 is 1.59 bits per heavy atom. The Bertz CT molecular complexity index is 1420. The molecule has 1 amide bonds. The summed E-state index contributed by atoms with van der Waals surface area (Å²) in [6, 6.07) is 0. The summed E-state index contributed by atoms with van der Waals surface area (Å²) in [4.78, 5) is 54.5. The SMILES string of the molecule is CC(C)C1=C2[C@H]3CC[C@@H]4[C@@]5(C)CC[C@H](OC(=O)CC(C)(C)C(=O)O)C(C)(C)[C@@H]5CC[C@@]4(C)[C@]3(C)CC[C@@]2(NC(=O)CN2CCCC2)CC1=O. The Hall–Kier alpha value is -2.22. The van der Waals surface area contributed by atoms with E-state index in [2.05, 4.69) is 58.7 Å². The van der Waals surface area contributed by atoms with E-state index in [1.165, 1.54) is 5.57 Å². The summed E-state index contributed by atoms with van der Waals surface area (Å²) in [6.45, 7) is 22.0. The van der Waals surface area contributed by atoms with Crippen molar-refractivity contribution in [1.82, 2.24) is 10.2 Å². The van der Waals surface area contributed by atoms with Crippen LogP contribution >= 0.6 is 0 Å². The highest BCUT2D eigenvalue weighted by Crippen LogP contribution is 2.76. The first-order valence-electron chi connectivity index (χ1n) is 19.5. The molecule has 1 saturated heterocycles. The minimum absolute atomic E-state index is 0.00302. The average molecular weight is 681 g/mol. The Balaban J connectivity index is 1.27. The smallest absolute Gasteiger partial charge is 0.309 e. The van der Waals surface area contributed by atoms with Gasteiger partial charge in [0.25, 0.3) is 0 Å². The summed E-state index contributed by atoms with van der Waals surface area (Å²) in [7, 11) is 0. The van der Waals surface area contributed by atoms with E-state index in [4.69, 9.17) is 4.74 Å². The number of esters is 1. The van der Waals surface area contributed by atoms with Gasteiger partial charge in [-0.3, -0.25) is 24.1 Å². The average Bonchev–Trinajstić information content (AvgIpc) is 3.59. The van der Waals surface area contributed by atoms with Crippen molar-refractivity contribution in [3.05, 3.63) is 11.1 Å². The summed E-state index contributed by atoms with van der Waals surface area (Å²) < 4.78 is 6.15. The van der Waals surface area contributed by atoms with Gasteiger partial charge in [0.1, 0.15) is 6.10 Å². The lowest BCUT2D eigenvalue weighted by molar-refractivity contribution is -0.232. The van der Waals surface area contributed by atoms with Gasteiger partial charge >= 0.3 is 11.9 Å². The number of aliphatic carboxylic acids is 1. The molecule has 49 heavy (non-hydrogen) atoms. The largest absolute Gasteiger partial charge is 0.481 e. The molecule has 1 heterocycles. The molecule has 8 atom stereocenters. The first kappa shape index (κ1) is 36.6. The number of nitrogens with zero attached hydrogens (tertiary/aromatic N) is 1. The maximum atomic E-state index is 13.9. The van der Waals surface area contributed by atoms with Gasteiger partial charge in [-0.05, 0) is 142 Å². The van der Waals surface area contributed by atoms with Crippen LogP contribution in [0.4, 0.5) is 0 Å². The molecule has 0 aromatic rings. The van der Waals surface area contributed by atoms with Crippen LogP contribution in [0.2, 0.25) is 0 Å². The first-order valence-corrected chi connectivity index (χ1v) is 19.5. The van der Waals surface area contributed by atoms with E-state index in [1.54, 1.807) is 13.8 Å². The Morgan fingerprint density at radius 3 is 2.22 bits per heavy atom. The zero-order valence-electron chi connectivity index (χ0n) is 31.9. The monoisotopic (exact) mass is 680 g/mol. The molecule has 8 nitrogen and oxygen atoms in total. The maximum absolute atomic E-state index is 13.9. The van der Waals surface area contributed by atoms with Crippen LogP contribution in [0.3, 0.4) is 0 Å². The molecule has 0 aromatic heterocycles. The molecule has 0 bridgehead atoms. The van der Waals surface area contributed by atoms with Crippen molar-refractivity contribution in [3.63, 3.8) is 0 Å². The highest BCUT2D eigenvalue weighted by Gasteiger charge is 2.70. The van der Waals surface area contributed by atoms with Crippen molar-refractivity contribution in [2.75, 3.05) is 19.6 Å². The quantitative estimate of drug-likeness (QED) is 0.258. The van der Waals surface area contributed by atoms with E-state index in [0.717, 1.165) is 82.9 Å². The number of allylic oxidation sites excluding steroid dienone is 1. The molecule has 1 aliphatic heterocycles. The molecule has 5 fully saturated rings. The number of carboxylic acid groups (broad SMARTS) is 1. The lowest BCUT2D eigenvalue weighted by Gasteiger charge is -2.72. The van der Waals surface area contributed by atoms with Crippen LogP contribution in [-0.4, -0.2) is 64.9 Å². The molecular weight excluding hydrogens is 616 g/mol. The van der Waals surface area contributed by atoms with Crippen molar-refractivity contribution >= 4 is 23.6 Å². The number of carbonyl (C=O) groups excluding carboxylic acids is 3. The van der Waals surface area contributed by atoms with E-state index in [0.29, 0.717) is 24.8 Å². The second-order valence-electron chi connectivity index (χ2n) is 19.5. The van der Waals surface area contributed by atoms with Gasteiger partial charge in [0.15, 0.2) is 5.78 Å². The molecule has 274 valence electrons. The Kier molecular flexibility index (Phi) is 9.10. The number of amides is 1. The molecule has 0 radical (unpaired) electrons. The van der Waals surface area contributed by atoms with Crippen molar-refractivity contribution in [1.29, 1.82) is 0 Å². The lowest BCUT2D eigenvalue weighted by atomic mass is 9.33. The van der Waals surface area contributed by atoms with Crippen LogP contribution in [0.25, 0.3) is 0 Å². The van der Waals surface area contributed by atoms with Gasteiger partial charge in [0.2, 0.25) is 5.91 Å². The second kappa shape index (κ2) is 12.2. The number of fused-ring (bicyclic) bond motifs is 7. The minimum Gasteiger partial charge on any atom is -0.481 e. The Labute approximate surface area is 294 Å². The number of nitrogens with one attached hydrogen (secondary N) is 1. The molecule has 0 unspecified atom stereocenters. The summed E-state index contributed by atoms with van der Waals surface area (Å²) in [6.07, 6.45) is 10.2. The highest BCUT2D eigenvalue weighted by molar-refractivity contribution is 6.02. The maximum Gasteiger partial charge on any atom is 0.309 e. The fourth-order valence-corrected chi connectivity index (χ4v) is 13.0. The number of ether oxygens (including phenoxy) is 1. The van der Waals surface area contributed by atoms with Crippen LogP contribution in [0.5, 0.6) is 0 Å². The van der Waals surface area contributed by atoms with Gasteiger partial charge in [0, 0.05) is 11.8 Å². The predicted molar refractivity (Wildman–Crippen MR) is 189 cm³/mol. The van der Waals surface area contributed by atoms with Crippen LogP contribution in [0.1, 0.15) is 139 Å².